The Morgan fingerprint density at radius 1 is 1.06 bits per heavy atom. The topological polar surface area (TPSA) is 65.1 Å². The van der Waals surface area contributed by atoms with Crippen LogP contribution in [0.25, 0.3) is 0 Å². The Hall–Kier alpha value is -2.93. The Kier molecular flexibility index (Phi) is 7.69. The highest BCUT2D eigenvalue weighted by atomic mass is 19.1. The molecule has 0 aromatic heterocycles. The molecule has 4 unspecified atom stereocenters. The molecule has 36 heavy (non-hydrogen) atoms. The normalized spacial score (nSPS) is 23.3. The maximum absolute atomic E-state index is 16.0. The Morgan fingerprint density at radius 2 is 1.72 bits per heavy atom. The van der Waals surface area contributed by atoms with Crippen molar-refractivity contribution in [1.29, 1.82) is 0 Å². The first kappa shape index (κ1) is 26.1. The van der Waals surface area contributed by atoms with Crippen molar-refractivity contribution in [2.24, 2.45) is 5.92 Å². The van der Waals surface area contributed by atoms with Crippen molar-refractivity contribution < 1.29 is 28.2 Å². The molecule has 1 heterocycles. The minimum atomic E-state index is -1.47. The Labute approximate surface area is 212 Å². The molecule has 4 rings (SSSR count). The number of Topliss-reactive ketones (excluding diaryl/α,β-unsaturated/α-hetero) is 1. The smallest absolute Gasteiger partial charge is 0.337 e. The Morgan fingerprint density at radius 3 is 2.36 bits per heavy atom. The van der Waals surface area contributed by atoms with Crippen molar-refractivity contribution in [2.75, 3.05) is 21.3 Å². The van der Waals surface area contributed by atoms with E-state index in [9.17, 15) is 9.59 Å². The lowest BCUT2D eigenvalue weighted by molar-refractivity contribution is 0.0600. The van der Waals surface area contributed by atoms with Crippen molar-refractivity contribution >= 4 is 11.8 Å². The fourth-order valence-electron chi connectivity index (χ4n) is 5.85. The van der Waals surface area contributed by atoms with E-state index in [1.165, 1.54) is 7.11 Å². The first-order valence-electron chi connectivity index (χ1n) is 12.6. The zero-order valence-electron chi connectivity index (χ0n) is 21.8. The van der Waals surface area contributed by atoms with E-state index >= 15 is 4.39 Å². The number of nitrogens with zero attached hydrogens (tertiary/aromatic N) is 1. The molecule has 6 nitrogen and oxygen atoms in total. The molecule has 0 radical (unpaired) electrons. The number of ketones is 1. The Bertz CT molecular complexity index is 1110. The largest absolute Gasteiger partial charge is 0.493 e. The number of fused-ring (bicyclic) bond motifs is 1. The molecular weight excluding hydrogens is 461 g/mol. The molecule has 2 aromatic carbocycles. The van der Waals surface area contributed by atoms with Gasteiger partial charge in [-0.2, -0.15) is 0 Å². The van der Waals surface area contributed by atoms with Crippen LogP contribution in [0.15, 0.2) is 36.4 Å². The average molecular weight is 498 g/mol. The molecule has 1 aliphatic heterocycles. The van der Waals surface area contributed by atoms with E-state index in [-0.39, 0.29) is 30.1 Å². The van der Waals surface area contributed by atoms with Crippen molar-refractivity contribution in [3.05, 3.63) is 58.7 Å². The van der Waals surface area contributed by atoms with Crippen LogP contribution in [0.3, 0.4) is 0 Å². The van der Waals surface area contributed by atoms with Crippen LogP contribution < -0.4 is 9.47 Å². The van der Waals surface area contributed by atoms with Crippen LogP contribution in [0.4, 0.5) is 4.39 Å². The molecule has 4 atom stereocenters. The zero-order chi connectivity index (χ0) is 26.0. The summed E-state index contributed by atoms with van der Waals surface area (Å²) >= 11 is 0. The van der Waals surface area contributed by atoms with E-state index < -0.39 is 5.67 Å². The number of rotatable bonds is 9. The Balaban J connectivity index is 1.42. The summed E-state index contributed by atoms with van der Waals surface area (Å²) in [6, 6.07) is 11.4. The van der Waals surface area contributed by atoms with Gasteiger partial charge in [0, 0.05) is 30.1 Å². The minimum absolute atomic E-state index is 0.0165. The quantitative estimate of drug-likeness (QED) is 0.432. The first-order valence-corrected chi connectivity index (χ1v) is 12.6. The molecule has 7 heteroatoms. The highest BCUT2D eigenvalue weighted by molar-refractivity contribution is 6.03. The minimum Gasteiger partial charge on any atom is -0.493 e. The second-order valence-electron chi connectivity index (χ2n) is 10.4. The lowest BCUT2D eigenvalue weighted by Gasteiger charge is -2.33. The van der Waals surface area contributed by atoms with Gasteiger partial charge in [0.25, 0.3) is 0 Å². The van der Waals surface area contributed by atoms with Crippen molar-refractivity contribution in [1.82, 2.24) is 4.90 Å². The fraction of sp³-hybridized carbons (Fsp3) is 0.517. The number of benzene rings is 2. The monoisotopic (exact) mass is 497 g/mol. The van der Waals surface area contributed by atoms with Gasteiger partial charge in [0.15, 0.2) is 17.3 Å². The van der Waals surface area contributed by atoms with Crippen LogP contribution >= 0.6 is 0 Å². The van der Waals surface area contributed by atoms with Gasteiger partial charge in [-0.15, -0.1) is 0 Å². The summed E-state index contributed by atoms with van der Waals surface area (Å²) < 4.78 is 31.5. The third-order valence-corrected chi connectivity index (χ3v) is 7.74. The molecule has 1 aliphatic carbocycles. The number of esters is 1. The predicted molar refractivity (Wildman–Crippen MR) is 136 cm³/mol. The lowest BCUT2D eigenvalue weighted by atomic mass is 9.85. The van der Waals surface area contributed by atoms with Gasteiger partial charge < -0.3 is 14.2 Å². The molecule has 1 saturated heterocycles. The third kappa shape index (κ3) is 5.41. The van der Waals surface area contributed by atoms with Crippen LogP contribution in [0.1, 0.15) is 71.4 Å². The highest BCUT2D eigenvalue weighted by Crippen LogP contribution is 2.41. The number of carbonyl (C=O) groups excluding carboxylic acids is 2. The van der Waals surface area contributed by atoms with Crippen LogP contribution in [-0.2, 0) is 17.7 Å². The summed E-state index contributed by atoms with van der Waals surface area (Å²) in [4.78, 5) is 27.2. The van der Waals surface area contributed by atoms with E-state index in [2.05, 4.69) is 11.8 Å². The molecule has 0 bridgehead atoms. The van der Waals surface area contributed by atoms with Crippen LogP contribution in [0, 0.1) is 5.92 Å². The summed E-state index contributed by atoms with van der Waals surface area (Å²) in [5.74, 6) is 0.344. The number of likely N-dealkylation sites (tertiary alicyclic amines) is 1. The second kappa shape index (κ2) is 10.6. The molecular formula is C29H36FNO5. The summed E-state index contributed by atoms with van der Waals surface area (Å²) in [6.07, 6.45) is 3.02. The van der Waals surface area contributed by atoms with Gasteiger partial charge in [-0.05, 0) is 81.3 Å². The number of ether oxygens (including phenoxy) is 3. The molecule has 0 saturated carbocycles. The summed E-state index contributed by atoms with van der Waals surface area (Å²) in [5.41, 5.74) is 1.62. The van der Waals surface area contributed by atoms with E-state index in [1.54, 1.807) is 39.3 Å². The van der Waals surface area contributed by atoms with E-state index in [0.717, 1.165) is 24.0 Å². The SMILES string of the molecule is COC(=O)c1ccc(CN2C(C)CCC2CC(C)(F)CC2Cc3cc(OC)c(OC)cc3C2=O)cc1. The number of alkyl halides is 1. The lowest BCUT2D eigenvalue weighted by Crippen LogP contribution is -2.39. The number of hydrogen-bond donors (Lipinski definition) is 0. The van der Waals surface area contributed by atoms with Gasteiger partial charge in [0.1, 0.15) is 5.67 Å². The van der Waals surface area contributed by atoms with E-state index in [0.29, 0.717) is 48.1 Å². The molecule has 2 aromatic rings. The molecule has 1 fully saturated rings. The van der Waals surface area contributed by atoms with Crippen LogP contribution in [-0.4, -0.2) is 55.7 Å². The molecule has 0 amide bonds. The highest BCUT2D eigenvalue weighted by Gasteiger charge is 2.41. The third-order valence-electron chi connectivity index (χ3n) is 7.74. The molecule has 194 valence electrons. The number of methoxy groups -OCH3 is 3. The fourth-order valence-corrected chi connectivity index (χ4v) is 5.85. The first-order chi connectivity index (χ1) is 17.2. The second-order valence-corrected chi connectivity index (χ2v) is 10.4. The van der Waals surface area contributed by atoms with Gasteiger partial charge in [0.2, 0.25) is 0 Å². The van der Waals surface area contributed by atoms with E-state index in [4.69, 9.17) is 14.2 Å². The van der Waals surface area contributed by atoms with Crippen LogP contribution in [0.2, 0.25) is 0 Å². The molecule has 0 spiro atoms. The van der Waals surface area contributed by atoms with Crippen molar-refractivity contribution in [3.63, 3.8) is 0 Å². The number of hydrogen-bond acceptors (Lipinski definition) is 6. The maximum atomic E-state index is 16.0. The van der Waals surface area contributed by atoms with Crippen LogP contribution in [0.5, 0.6) is 11.5 Å². The standard InChI is InChI=1S/C29H36FNO5/c1-18-6-11-23(31(18)17-19-7-9-20(10-8-19)28(33)36-5)16-29(2,30)15-22-12-21-13-25(34-3)26(35-4)14-24(21)27(22)32/h7-10,13-14,18,22-23H,6,11-12,15-17H2,1-5H3. The van der Waals surface area contributed by atoms with Gasteiger partial charge >= 0.3 is 5.97 Å². The summed E-state index contributed by atoms with van der Waals surface area (Å²) in [6.45, 7) is 4.50. The van der Waals surface area contributed by atoms with Crippen molar-refractivity contribution in [2.45, 2.75) is 70.2 Å². The summed E-state index contributed by atoms with van der Waals surface area (Å²) in [5, 5.41) is 0. The number of carbonyl (C=O) groups is 2. The maximum Gasteiger partial charge on any atom is 0.337 e. The van der Waals surface area contributed by atoms with E-state index in [1.807, 2.05) is 18.2 Å². The number of halogens is 1. The summed E-state index contributed by atoms with van der Waals surface area (Å²) in [7, 11) is 4.48. The van der Waals surface area contributed by atoms with Gasteiger partial charge in [-0.25, -0.2) is 9.18 Å². The molecule has 2 aliphatic rings. The van der Waals surface area contributed by atoms with Gasteiger partial charge in [-0.3, -0.25) is 9.69 Å². The predicted octanol–water partition coefficient (Wildman–Crippen LogP) is 5.41. The molecule has 0 N–H and O–H groups in total. The zero-order valence-corrected chi connectivity index (χ0v) is 21.8. The average Bonchev–Trinajstić information content (AvgIpc) is 3.35. The van der Waals surface area contributed by atoms with Gasteiger partial charge in [0.05, 0.1) is 26.9 Å². The van der Waals surface area contributed by atoms with Crippen molar-refractivity contribution in [3.8, 4) is 11.5 Å². The van der Waals surface area contributed by atoms with Gasteiger partial charge in [-0.1, -0.05) is 12.1 Å².